The average molecular weight is 1580 g/mol. The molecule has 14 aliphatic rings. The van der Waals surface area contributed by atoms with Gasteiger partial charge >= 0.3 is 0 Å². The molecular weight excluding hydrogens is 1410 g/mol. The van der Waals surface area contributed by atoms with Crippen molar-refractivity contribution in [3.63, 3.8) is 0 Å². The number of aliphatic hydroxyl groups is 6. The van der Waals surface area contributed by atoms with Crippen molar-refractivity contribution in [2.45, 2.75) is 404 Å². The maximum Gasteiger partial charge on any atom is 0.0811 e. The van der Waals surface area contributed by atoms with E-state index in [0.29, 0.717) is 75.4 Å². The van der Waals surface area contributed by atoms with Crippen molar-refractivity contribution in [2.24, 2.45) is 145 Å². The number of fused-ring (bicyclic) bond motifs is 8. The Morgan fingerprint density at radius 1 is 0.383 bits per heavy atom. The highest BCUT2D eigenvalue weighted by Gasteiger charge is 2.61. The van der Waals surface area contributed by atoms with Crippen molar-refractivity contribution in [1.82, 2.24) is 0 Å². The first-order valence-electron chi connectivity index (χ1n) is 49.3. The van der Waals surface area contributed by atoms with Crippen LogP contribution in [-0.4, -0.2) is 67.3 Å². The summed E-state index contributed by atoms with van der Waals surface area (Å²) >= 11 is 0. The fourth-order valence-corrected chi connectivity index (χ4v) is 28.8. The van der Waals surface area contributed by atoms with Gasteiger partial charge in [-0.1, -0.05) is 258 Å². The number of hydrogen-bond donors (Lipinski definition) is 6. The zero-order chi connectivity index (χ0) is 83.1. The molecule has 0 amide bonds. The van der Waals surface area contributed by atoms with E-state index in [0.717, 1.165) is 152 Å². The van der Waals surface area contributed by atoms with Crippen LogP contribution in [0.25, 0.3) is 0 Å². The summed E-state index contributed by atoms with van der Waals surface area (Å²) in [7, 11) is 0. The first-order chi connectivity index (χ1) is 54.6. The van der Waals surface area contributed by atoms with Gasteiger partial charge in [0.1, 0.15) is 0 Å². The molecule has 0 bridgehead atoms. The molecular formula is C109H176O6. The molecule has 6 N–H and O–H groups in total. The lowest BCUT2D eigenvalue weighted by atomic mass is 9.44. The first kappa shape index (κ1) is 92.6. The molecule has 115 heavy (non-hydrogen) atoms. The van der Waals surface area contributed by atoms with E-state index in [1.165, 1.54) is 214 Å². The van der Waals surface area contributed by atoms with Gasteiger partial charge in [0, 0.05) is 6.42 Å². The van der Waals surface area contributed by atoms with Gasteiger partial charge in [0.2, 0.25) is 0 Å². The lowest BCUT2D eigenvalue weighted by Gasteiger charge is -2.61. The van der Waals surface area contributed by atoms with E-state index in [1.807, 2.05) is 0 Å². The molecule has 27 atom stereocenters. The van der Waals surface area contributed by atoms with E-state index in [1.54, 1.807) is 11.1 Å². The molecule has 0 radical (unpaired) electrons. The van der Waals surface area contributed by atoms with Gasteiger partial charge in [0.05, 0.1) is 36.6 Å². The standard InChI is InChI=1S/C28H44O.C27H40O3.C27H48O.C27H44O/c1-19(2)20(3)9-10-22(5)26-15-16-27-23(8-7-17-28(26,27)6)12-13-24-18-25(29)14-11-21(24)4;1-17(6-13-25(29)20-8-9-20)23-11-12-24-19(5-4-14-27(23,24)3)7-10-21-15-22(28)16-26(30)18(21)2;1-18(2)7-6-8-19(3)23-11-12-24-22-10-9-20-17-21(28)13-15-26(20,4)25(22)14-16-27(23,24)5;1-19(2)8-6-9-21(4)25-15-16-26-22(10-7-17-27(25,26)5)12-13-23-18-24(28)14-11-20(23)3/h9-10,12-13,19-20,22,25-27,29H,4,7-8,11,14-18H2,1-3,5-6H3;6-7,10,13,17,20,22-26,28-30H,2,4-5,8-9,11-12,14-16H2,1,3H3;18-25,28H,6-17H2,1-5H3;12-13,19,21,24-26,28H,3,6-11,14-18H2,1-2,4-5H3/b10-9+,23-12+,24-13-;13-6+,19-7+,21-10-;;22-12+,23-13-/t20-,22+,25-,26+,27-,28+;17-,22-,23-,24+,25+,26+,27-;19-,20?,21+,22+,23-,24+,25+,26+,27-;21-,24+,25-,26+,27-/m0111/s1. The van der Waals surface area contributed by atoms with Crippen LogP contribution in [0.2, 0.25) is 0 Å². The van der Waals surface area contributed by atoms with Crippen LogP contribution in [0.5, 0.6) is 0 Å². The molecule has 1 unspecified atom stereocenters. The van der Waals surface area contributed by atoms with Gasteiger partial charge < -0.3 is 30.6 Å². The van der Waals surface area contributed by atoms with Gasteiger partial charge in [-0.2, -0.15) is 0 Å². The Labute approximate surface area is 706 Å². The fraction of sp³-hybridized carbons (Fsp3) is 0.798. The predicted molar refractivity (Wildman–Crippen MR) is 488 cm³/mol. The molecule has 14 rings (SSSR count). The average Bonchev–Trinajstić information content (AvgIpc) is 1.69. The molecule has 0 aliphatic heterocycles. The van der Waals surface area contributed by atoms with Crippen molar-refractivity contribution in [2.75, 3.05) is 0 Å². The Balaban J connectivity index is 0.000000151. The van der Waals surface area contributed by atoms with Crippen molar-refractivity contribution in [3.8, 4) is 0 Å². The van der Waals surface area contributed by atoms with Gasteiger partial charge in [0.25, 0.3) is 0 Å². The van der Waals surface area contributed by atoms with Gasteiger partial charge in [-0.3, -0.25) is 0 Å². The molecule has 0 aromatic heterocycles. The smallest absolute Gasteiger partial charge is 0.0811 e. The molecule has 648 valence electrons. The van der Waals surface area contributed by atoms with Gasteiger partial charge in [-0.05, 0) is 380 Å². The second-order valence-corrected chi connectivity index (χ2v) is 45.1. The molecule has 0 aromatic carbocycles. The summed E-state index contributed by atoms with van der Waals surface area (Å²) in [6.45, 7) is 51.9. The number of rotatable bonds is 21. The van der Waals surface area contributed by atoms with Crippen LogP contribution in [0.3, 0.4) is 0 Å². The van der Waals surface area contributed by atoms with Crippen molar-refractivity contribution in [1.29, 1.82) is 0 Å². The Morgan fingerprint density at radius 2 is 0.817 bits per heavy atom. The summed E-state index contributed by atoms with van der Waals surface area (Å²) in [5, 5.41) is 60.7. The predicted octanol–water partition coefficient (Wildman–Crippen LogP) is 27.8. The minimum absolute atomic E-state index is 0.00830. The fourth-order valence-electron chi connectivity index (χ4n) is 28.8. The third-order valence-corrected chi connectivity index (χ3v) is 36.5. The van der Waals surface area contributed by atoms with Gasteiger partial charge in [-0.25, -0.2) is 0 Å². The van der Waals surface area contributed by atoms with E-state index in [-0.39, 0.29) is 24.4 Å². The quantitative estimate of drug-likeness (QED) is 0.0637. The van der Waals surface area contributed by atoms with E-state index in [2.05, 4.69) is 191 Å². The highest BCUT2D eigenvalue weighted by molar-refractivity contribution is 5.40. The van der Waals surface area contributed by atoms with Crippen LogP contribution < -0.4 is 0 Å². The first-order valence-corrected chi connectivity index (χ1v) is 49.3. The Kier molecular flexibility index (Phi) is 32.6. The second-order valence-electron chi connectivity index (χ2n) is 45.1. The summed E-state index contributed by atoms with van der Waals surface area (Å²) in [6.07, 6.45) is 70.5. The summed E-state index contributed by atoms with van der Waals surface area (Å²) in [4.78, 5) is 0. The molecule has 0 aromatic rings. The molecule has 0 heterocycles. The maximum atomic E-state index is 10.3. The zero-order valence-corrected chi connectivity index (χ0v) is 76.9. The molecule has 0 spiro atoms. The Bertz CT molecular complexity index is 3470. The van der Waals surface area contributed by atoms with E-state index in [4.69, 9.17) is 0 Å². The Hall–Kier alpha value is -3.10. The molecule has 14 fully saturated rings. The van der Waals surface area contributed by atoms with Crippen molar-refractivity contribution < 1.29 is 30.6 Å². The molecule has 6 nitrogen and oxygen atoms in total. The molecule has 6 heteroatoms. The number of allylic oxidation sites excluding steroid dienone is 14. The zero-order valence-electron chi connectivity index (χ0n) is 76.9. The lowest BCUT2D eigenvalue weighted by Crippen LogP contribution is -2.54. The summed E-state index contributed by atoms with van der Waals surface area (Å²) in [6, 6.07) is 0. The molecule has 14 saturated carbocycles. The third kappa shape index (κ3) is 21.9. The lowest BCUT2D eigenvalue weighted by molar-refractivity contribution is -0.129. The Morgan fingerprint density at radius 3 is 1.30 bits per heavy atom. The third-order valence-electron chi connectivity index (χ3n) is 36.5. The second kappa shape index (κ2) is 40.5. The number of hydrogen-bond acceptors (Lipinski definition) is 6. The maximum absolute atomic E-state index is 10.3. The van der Waals surface area contributed by atoms with Crippen molar-refractivity contribution in [3.05, 3.63) is 131 Å². The minimum atomic E-state index is -0.621. The SMILES string of the molecule is C=C1/C(=C\C=C2/CCC[C@]3(C)[C@@H]([C@H](C)/C=C/[C@H](O)C4CC4)CC[C@@H]23)C[C@@H](O)C[C@@H]1O.C=C1CC[C@H](O)C/C1=C/C=C1\CCC[C@]2(C)[C@@H]([C@H](C)/C=C/[C@H](C)C(C)C)CC[C@@H]12.C=C1CC[C@H](O)C/C1=C/C=C1\CCC[C@]2(C)[C@@H]([C@H](C)CCCC(C)C)CC[C@@H]12.CC(C)CCC[C@@H](C)[C@H]1CC[C@H]2[C@@H]3CCC4C[C@@H](O)CC[C@]4(C)[C@H]3CC[C@]12C. The molecule has 0 saturated heterocycles. The van der Waals surface area contributed by atoms with Crippen LogP contribution >= 0.6 is 0 Å². The van der Waals surface area contributed by atoms with Crippen LogP contribution in [0, 0.1) is 145 Å². The van der Waals surface area contributed by atoms with E-state index in [9.17, 15) is 30.6 Å². The van der Waals surface area contributed by atoms with E-state index < -0.39 is 12.2 Å². The largest absolute Gasteiger partial charge is 0.393 e. The highest BCUT2D eigenvalue weighted by Crippen LogP contribution is 2.69. The highest BCUT2D eigenvalue weighted by atomic mass is 16.3. The van der Waals surface area contributed by atoms with Crippen LogP contribution in [0.4, 0.5) is 0 Å². The van der Waals surface area contributed by atoms with Crippen LogP contribution in [-0.2, 0) is 0 Å². The monoisotopic (exact) mass is 1580 g/mol. The van der Waals surface area contributed by atoms with Crippen molar-refractivity contribution >= 4 is 0 Å². The minimum Gasteiger partial charge on any atom is -0.393 e. The summed E-state index contributed by atoms with van der Waals surface area (Å²) in [5.41, 5.74) is 14.1. The van der Waals surface area contributed by atoms with E-state index >= 15 is 0 Å². The summed E-state index contributed by atoms with van der Waals surface area (Å²) < 4.78 is 0. The van der Waals surface area contributed by atoms with Crippen LogP contribution in [0.1, 0.15) is 368 Å². The topological polar surface area (TPSA) is 121 Å². The van der Waals surface area contributed by atoms with Gasteiger partial charge in [-0.15, -0.1) is 0 Å². The van der Waals surface area contributed by atoms with Crippen LogP contribution in [0.15, 0.2) is 131 Å². The van der Waals surface area contributed by atoms with Gasteiger partial charge in [0.15, 0.2) is 0 Å². The molecule has 14 aliphatic carbocycles. The normalized spacial score (nSPS) is 41.8. The summed E-state index contributed by atoms with van der Waals surface area (Å²) in [5.74, 6) is 15.7. The number of aliphatic hydroxyl groups excluding tert-OH is 6.